The molecule has 0 radical (unpaired) electrons. The highest BCUT2D eigenvalue weighted by atomic mass is 16.6. The van der Waals surface area contributed by atoms with Crippen LogP contribution < -0.4 is 0 Å². The maximum Gasteiger partial charge on any atom is 0.309 e. The van der Waals surface area contributed by atoms with Crippen molar-refractivity contribution in [2.75, 3.05) is 0 Å². The fraction of sp³-hybridized carbons (Fsp3) is 0.944. The second kappa shape index (κ2) is 4.24. The quantitative estimate of drug-likeness (QED) is 0.574. The van der Waals surface area contributed by atoms with Gasteiger partial charge < -0.3 is 4.74 Å². The van der Waals surface area contributed by atoms with Gasteiger partial charge in [0, 0.05) is 5.92 Å². The molecule has 0 aromatic carbocycles. The topological polar surface area (TPSA) is 26.3 Å². The minimum atomic E-state index is -0.142. The third kappa shape index (κ3) is 1.60. The van der Waals surface area contributed by atoms with E-state index in [2.05, 4.69) is 13.8 Å². The first-order chi connectivity index (χ1) is 9.53. The molecule has 4 aliphatic carbocycles. The zero-order valence-corrected chi connectivity index (χ0v) is 13.1. The lowest BCUT2D eigenvalue weighted by atomic mass is 9.66. The summed E-state index contributed by atoms with van der Waals surface area (Å²) in [6, 6.07) is 0. The zero-order valence-electron chi connectivity index (χ0n) is 13.1. The van der Waals surface area contributed by atoms with Crippen molar-refractivity contribution in [3.8, 4) is 0 Å². The molecule has 0 N–H and O–H groups in total. The van der Waals surface area contributed by atoms with Gasteiger partial charge in [-0.05, 0) is 75.0 Å². The average Bonchev–Trinajstić information content (AvgIpc) is 3.13. The van der Waals surface area contributed by atoms with E-state index in [0.717, 1.165) is 42.4 Å². The van der Waals surface area contributed by atoms with Gasteiger partial charge in [-0.2, -0.15) is 0 Å². The van der Waals surface area contributed by atoms with E-state index in [1.807, 2.05) is 6.92 Å². The maximum atomic E-state index is 12.2. The number of hydrogen-bond donors (Lipinski definition) is 0. The molecular formula is C18H28O2. The Bertz CT molecular complexity index is 431. The molecule has 0 spiro atoms. The Morgan fingerprint density at radius 3 is 2.60 bits per heavy atom. The Morgan fingerprint density at radius 1 is 1.20 bits per heavy atom. The number of ether oxygens (including phenoxy) is 1. The Kier molecular flexibility index (Phi) is 2.79. The summed E-state index contributed by atoms with van der Waals surface area (Å²) in [7, 11) is 0. The SMILES string of the molecule is CCC(C)C(=O)OC1(C)CC2CC1C1C3CCC(C3)C21. The molecule has 0 amide bonds. The van der Waals surface area contributed by atoms with Crippen LogP contribution in [0.1, 0.15) is 59.3 Å². The number of esters is 1. The number of rotatable bonds is 3. The lowest BCUT2D eigenvalue weighted by molar-refractivity contribution is -0.173. The molecule has 4 rings (SSSR count). The monoisotopic (exact) mass is 276 g/mol. The van der Waals surface area contributed by atoms with Gasteiger partial charge in [-0.25, -0.2) is 0 Å². The second-order valence-electron chi connectivity index (χ2n) is 8.34. The fourth-order valence-electron chi connectivity index (χ4n) is 6.48. The van der Waals surface area contributed by atoms with E-state index in [-0.39, 0.29) is 17.5 Å². The first-order valence-electron chi connectivity index (χ1n) is 8.76. The molecule has 0 heterocycles. The Balaban J connectivity index is 1.53. The number of hydrogen-bond acceptors (Lipinski definition) is 2. The summed E-state index contributed by atoms with van der Waals surface area (Å²) in [6.07, 6.45) is 7.79. The molecule has 2 nitrogen and oxygen atoms in total. The fourth-order valence-corrected chi connectivity index (χ4v) is 6.48. The molecule has 0 aromatic heterocycles. The smallest absolute Gasteiger partial charge is 0.309 e. The number of carbonyl (C=O) groups excluding carboxylic acids is 1. The van der Waals surface area contributed by atoms with Crippen molar-refractivity contribution in [2.24, 2.45) is 41.4 Å². The van der Waals surface area contributed by atoms with Gasteiger partial charge in [-0.3, -0.25) is 4.79 Å². The molecule has 2 heteroatoms. The predicted molar refractivity (Wildman–Crippen MR) is 78.0 cm³/mol. The van der Waals surface area contributed by atoms with Crippen molar-refractivity contribution in [1.29, 1.82) is 0 Å². The molecule has 8 unspecified atom stereocenters. The van der Waals surface area contributed by atoms with Crippen LogP contribution in [0.4, 0.5) is 0 Å². The second-order valence-corrected chi connectivity index (χ2v) is 8.34. The van der Waals surface area contributed by atoms with Crippen LogP contribution in [-0.4, -0.2) is 11.6 Å². The van der Waals surface area contributed by atoms with Gasteiger partial charge in [0.2, 0.25) is 0 Å². The average molecular weight is 276 g/mol. The molecule has 0 aliphatic heterocycles. The van der Waals surface area contributed by atoms with E-state index < -0.39 is 0 Å². The molecule has 20 heavy (non-hydrogen) atoms. The summed E-state index contributed by atoms with van der Waals surface area (Å²) in [5.74, 6) is 5.49. The van der Waals surface area contributed by atoms with Crippen LogP contribution in [0.3, 0.4) is 0 Å². The van der Waals surface area contributed by atoms with Gasteiger partial charge in [0.15, 0.2) is 0 Å². The van der Waals surface area contributed by atoms with Crippen LogP contribution in [0.25, 0.3) is 0 Å². The molecule has 0 saturated heterocycles. The van der Waals surface area contributed by atoms with E-state index in [4.69, 9.17) is 4.74 Å². The van der Waals surface area contributed by atoms with E-state index in [9.17, 15) is 4.79 Å². The Hall–Kier alpha value is -0.530. The van der Waals surface area contributed by atoms with E-state index in [1.54, 1.807) is 0 Å². The van der Waals surface area contributed by atoms with Crippen LogP contribution in [0, 0.1) is 41.4 Å². The van der Waals surface area contributed by atoms with E-state index in [1.165, 1.54) is 25.7 Å². The minimum Gasteiger partial charge on any atom is -0.459 e. The summed E-state index contributed by atoms with van der Waals surface area (Å²) in [6.45, 7) is 6.31. The van der Waals surface area contributed by atoms with Crippen LogP contribution in [0.15, 0.2) is 0 Å². The molecule has 112 valence electrons. The van der Waals surface area contributed by atoms with Crippen molar-refractivity contribution in [3.63, 3.8) is 0 Å². The lowest BCUT2D eigenvalue weighted by Crippen LogP contribution is -2.46. The van der Waals surface area contributed by atoms with Crippen molar-refractivity contribution < 1.29 is 9.53 Å². The van der Waals surface area contributed by atoms with Gasteiger partial charge in [0.25, 0.3) is 0 Å². The number of carbonyl (C=O) groups is 1. The van der Waals surface area contributed by atoms with E-state index in [0.29, 0.717) is 5.92 Å². The Morgan fingerprint density at radius 2 is 1.90 bits per heavy atom. The van der Waals surface area contributed by atoms with Crippen LogP contribution in [0.5, 0.6) is 0 Å². The van der Waals surface area contributed by atoms with Crippen molar-refractivity contribution >= 4 is 5.97 Å². The van der Waals surface area contributed by atoms with Crippen LogP contribution >= 0.6 is 0 Å². The van der Waals surface area contributed by atoms with Gasteiger partial charge in [-0.15, -0.1) is 0 Å². The molecule has 4 saturated carbocycles. The van der Waals surface area contributed by atoms with Gasteiger partial charge >= 0.3 is 5.97 Å². The molecule has 0 aromatic rings. The van der Waals surface area contributed by atoms with Gasteiger partial charge in [0.1, 0.15) is 5.60 Å². The highest BCUT2D eigenvalue weighted by molar-refractivity contribution is 5.72. The zero-order chi connectivity index (χ0) is 14.1. The molecule has 8 atom stereocenters. The summed E-state index contributed by atoms with van der Waals surface area (Å²) in [5.41, 5.74) is -0.142. The summed E-state index contributed by atoms with van der Waals surface area (Å²) in [4.78, 5) is 12.2. The molecular weight excluding hydrogens is 248 g/mol. The van der Waals surface area contributed by atoms with Crippen LogP contribution in [-0.2, 0) is 9.53 Å². The molecule has 4 bridgehead atoms. The third-order valence-corrected chi connectivity index (χ3v) is 7.41. The first-order valence-corrected chi connectivity index (χ1v) is 8.76. The highest BCUT2D eigenvalue weighted by Crippen LogP contribution is 2.70. The Labute approximate surface area is 122 Å². The normalized spacial score (nSPS) is 53.1. The summed E-state index contributed by atoms with van der Waals surface area (Å²) >= 11 is 0. The standard InChI is InChI=1S/C18H28O2/c1-4-10(2)17(19)20-18(3)9-13-8-14(18)16-12-6-5-11(7-12)15(13)16/h10-16H,4-9H2,1-3H3. The summed E-state index contributed by atoms with van der Waals surface area (Å²) in [5, 5.41) is 0. The molecule has 4 fully saturated rings. The van der Waals surface area contributed by atoms with Gasteiger partial charge in [-0.1, -0.05) is 13.8 Å². The van der Waals surface area contributed by atoms with Crippen LogP contribution in [0.2, 0.25) is 0 Å². The molecule has 4 aliphatic rings. The van der Waals surface area contributed by atoms with E-state index >= 15 is 0 Å². The lowest BCUT2D eigenvalue weighted by Gasteiger charge is -2.44. The first kappa shape index (κ1) is 13.2. The van der Waals surface area contributed by atoms with Crippen molar-refractivity contribution in [2.45, 2.75) is 64.9 Å². The summed E-state index contributed by atoms with van der Waals surface area (Å²) < 4.78 is 6.06. The largest absolute Gasteiger partial charge is 0.459 e. The van der Waals surface area contributed by atoms with Crippen molar-refractivity contribution in [1.82, 2.24) is 0 Å². The maximum absolute atomic E-state index is 12.2. The van der Waals surface area contributed by atoms with Crippen molar-refractivity contribution in [3.05, 3.63) is 0 Å². The number of fused-ring (bicyclic) bond motifs is 9. The highest BCUT2D eigenvalue weighted by Gasteiger charge is 2.66. The van der Waals surface area contributed by atoms with Gasteiger partial charge in [0.05, 0.1) is 5.92 Å². The predicted octanol–water partition coefficient (Wildman–Crippen LogP) is 4.04. The minimum absolute atomic E-state index is 0.0438. The third-order valence-electron chi connectivity index (χ3n) is 7.41.